The van der Waals surface area contributed by atoms with E-state index >= 15 is 0 Å². The Morgan fingerprint density at radius 2 is 1.91 bits per heavy atom. The van der Waals surface area contributed by atoms with E-state index in [0.29, 0.717) is 5.56 Å². The molecule has 0 bridgehead atoms. The van der Waals surface area contributed by atoms with Crippen molar-refractivity contribution in [2.75, 3.05) is 5.32 Å². The van der Waals surface area contributed by atoms with E-state index in [-0.39, 0.29) is 17.0 Å². The molecule has 5 nitrogen and oxygen atoms in total. The SMILES string of the molecule is CC(C1=Nc2ccccc2C1(C)C)c1c(NC#N)c(=O)c1=O. The molecule has 5 heteroatoms. The Hall–Kier alpha value is -2.74. The molecule has 0 saturated carbocycles. The zero-order valence-electron chi connectivity index (χ0n) is 12.6. The molecule has 110 valence electrons. The highest BCUT2D eigenvalue weighted by Gasteiger charge is 2.40. The number of nitrogens with zero attached hydrogens (tertiary/aromatic N) is 2. The molecule has 1 unspecified atom stereocenters. The number of hydrogen-bond acceptors (Lipinski definition) is 5. The summed E-state index contributed by atoms with van der Waals surface area (Å²) in [6.07, 6.45) is 1.71. The van der Waals surface area contributed by atoms with Crippen molar-refractivity contribution in [2.24, 2.45) is 4.99 Å². The van der Waals surface area contributed by atoms with Crippen molar-refractivity contribution in [3.8, 4) is 6.19 Å². The fourth-order valence-electron chi connectivity index (χ4n) is 3.28. The van der Waals surface area contributed by atoms with Crippen LogP contribution in [0.15, 0.2) is 38.8 Å². The first-order valence-electron chi connectivity index (χ1n) is 7.06. The first kappa shape index (κ1) is 14.2. The number of para-hydroxylation sites is 1. The van der Waals surface area contributed by atoms with Gasteiger partial charge in [-0.15, -0.1) is 0 Å². The van der Waals surface area contributed by atoms with Gasteiger partial charge in [0.2, 0.25) is 5.43 Å². The lowest BCUT2D eigenvalue weighted by molar-refractivity contribution is 0.703. The van der Waals surface area contributed by atoms with Crippen molar-refractivity contribution in [3.05, 3.63) is 55.8 Å². The van der Waals surface area contributed by atoms with Gasteiger partial charge in [-0.1, -0.05) is 39.0 Å². The van der Waals surface area contributed by atoms with Crippen LogP contribution in [0.2, 0.25) is 0 Å². The van der Waals surface area contributed by atoms with E-state index in [0.717, 1.165) is 17.0 Å². The van der Waals surface area contributed by atoms with E-state index in [2.05, 4.69) is 24.2 Å². The van der Waals surface area contributed by atoms with Crippen molar-refractivity contribution in [2.45, 2.75) is 32.1 Å². The molecule has 0 amide bonds. The number of nitrogens with one attached hydrogen (secondary N) is 1. The molecule has 0 aliphatic carbocycles. The number of aliphatic imine (C=N–C) groups is 1. The summed E-state index contributed by atoms with van der Waals surface area (Å²) in [4.78, 5) is 28.2. The Morgan fingerprint density at radius 1 is 1.23 bits per heavy atom. The van der Waals surface area contributed by atoms with E-state index in [1.165, 1.54) is 0 Å². The lowest BCUT2D eigenvalue weighted by Gasteiger charge is -2.27. The van der Waals surface area contributed by atoms with Gasteiger partial charge in [-0.05, 0) is 11.6 Å². The van der Waals surface area contributed by atoms with E-state index in [9.17, 15) is 9.59 Å². The van der Waals surface area contributed by atoms with Crippen LogP contribution in [0.1, 0.15) is 37.8 Å². The lowest BCUT2D eigenvalue weighted by atomic mass is 9.74. The number of anilines is 1. The van der Waals surface area contributed by atoms with Gasteiger partial charge in [0.05, 0.1) is 5.69 Å². The number of rotatable bonds is 3. The molecule has 2 aromatic carbocycles. The van der Waals surface area contributed by atoms with Gasteiger partial charge in [0.1, 0.15) is 5.69 Å². The molecule has 1 aliphatic rings. The molecule has 3 rings (SSSR count). The van der Waals surface area contributed by atoms with E-state index in [4.69, 9.17) is 5.26 Å². The molecule has 0 spiro atoms. The normalized spacial score (nSPS) is 16.7. The molecule has 0 saturated heterocycles. The van der Waals surface area contributed by atoms with Gasteiger partial charge >= 0.3 is 0 Å². The van der Waals surface area contributed by atoms with Gasteiger partial charge in [0.15, 0.2) is 6.19 Å². The van der Waals surface area contributed by atoms with E-state index in [1.54, 1.807) is 6.19 Å². The maximum Gasteiger partial charge on any atom is 0.250 e. The highest BCUT2D eigenvalue weighted by Crippen LogP contribution is 2.44. The van der Waals surface area contributed by atoms with Crippen LogP contribution in [0, 0.1) is 11.5 Å². The summed E-state index contributed by atoms with van der Waals surface area (Å²) in [6.45, 7) is 5.96. The predicted octanol–water partition coefficient (Wildman–Crippen LogP) is 2.34. The number of hydrogen-bond donors (Lipinski definition) is 1. The van der Waals surface area contributed by atoms with Crippen molar-refractivity contribution in [1.82, 2.24) is 0 Å². The molecule has 0 aromatic heterocycles. The van der Waals surface area contributed by atoms with Gasteiger partial charge in [0.25, 0.3) is 5.43 Å². The van der Waals surface area contributed by atoms with Crippen molar-refractivity contribution in [1.29, 1.82) is 5.26 Å². The second kappa shape index (κ2) is 4.63. The molecule has 0 radical (unpaired) electrons. The average Bonchev–Trinajstić information content (AvgIpc) is 2.78. The summed E-state index contributed by atoms with van der Waals surface area (Å²) in [7, 11) is 0. The largest absolute Gasteiger partial charge is 0.288 e. The third kappa shape index (κ3) is 1.74. The van der Waals surface area contributed by atoms with Gasteiger partial charge in [-0.2, -0.15) is 5.26 Å². The molecule has 1 atom stereocenters. The van der Waals surface area contributed by atoms with Crippen LogP contribution in [0.3, 0.4) is 0 Å². The van der Waals surface area contributed by atoms with E-state index < -0.39 is 10.9 Å². The first-order chi connectivity index (χ1) is 10.4. The Bertz CT molecular complexity index is 909. The van der Waals surface area contributed by atoms with Crippen LogP contribution in [-0.4, -0.2) is 5.71 Å². The molecule has 1 heterocycles. The summed E-state index contributed by atoms with van der Waals surface area (Å²) in [5.41, 5.74) is 1.81. The van der Waals surface area contributed by atoms with Crippen LogP contribution < -0.4 is 16.2 Å². The summed E-state index contributed by atoms with van der Waals surface area (Å²) < 4.78 is 0. The molecule has 2 aromatic rings. The van der Waals surface area contributed by atoms with Crippen molar-refractivity contribution < 1.29 is 0 Å². The van der Waals surface area contributed by atoms with Crippen LogP contribution in [0.4, 0.5) is 11.4 Å². The maximum absolute atomic E-state index is 11.9. The topological polar surface area (TPSA) is 82.3 Å². The minimum atomic E-state index is -0.627. The fraction of sp³-hybridized carbons (Fsp3) is 0.294. The van der Waals surface area contributed by atoms with Gasteiger partial charge in [-0.3, -0.25) is 19.9 Å². The van der Waals surface area contributed by atoms with Crippen LogP contribution in [-0.2, 0) is 5.41 Å². The van der Waals surface area contributed by atoms with Crippen LogP contribution in [0.25, 0.3) is 0 Å². The third-order valence-electron chi connectivity index (χ3n) is 4.43. The number of fused-ring (bicyclic) bond motifs is 1. The zero-order valence-corrected chi connectivity index (χ0v) is 12.6. The quantitative estimate of drug-likeness (QED) is 0.535. The molecule has 1 N–H and O–H groups in total. The van der Waals surface area contributed by atoms with Gasteiger partial charge in [0, 0.05) is 22.6 Å². The summed E-state index contributed by atoms with van der Waals surface area (Å²) in [5, 5.41) is 11.1. The van der Waals surface area contributed by atoms with E-state index in [1.807, 2.05) is 31.2 Å². The second-order valence-electron chi connectivity index (χ2n) is 6.04. The highest BCUT2D eigenvalue weighted by molar-refractivity contribution is 6.05. The summed E-state index contributed by atoms with van der Waals surface area (Å²) in [6, 6.07) is 7.85. The van der Waals surface area contributed by atoms with Gasteiger partial charge < -0.3 is 0 Å². The maximum atomic E-state index is 11.9. The molecule has 0 fully saturated rings. The average molecular weight is 293 g/mol. The molecule has 1 aliphatic heterocycles. The number of benzene rings is 1. The van der Waals surface area contributed by atoms with Gasteiger partial charge in [-0.25, -0.2) is 0 Å². The number of nitriles is 1. The minimum absolute atomic E-state index is 0.106. The smallest absolute Gasteiger partial charge is 0.250 e. The van der Waals surface area contributed by atoms with Crippen molar-refractivity contribution >= 4 is 17.1 Å². The first-order valence-corrected chi connectivity index (χ1v) is 7.06. The molecular weight excluding hydrogens is 278 g/mol. The minimum Gasteiger partial charge on any atom is -0.288 e. The summed E-state index contributed by atoms with van der Waals surface area (Å²) in [5.74, 6) is -0.316. The zero-order chi connectivity index (χ0) is 16.1. The van der Waals surface area contributed by atoms with Crippen LogP contribution in [0.5, 0.6) is 0 Å². The Kier molecular flexibility index (Phi) is 2.99. The lowest BCUT2D eigenvalue weighted by Crippen LogP contribution is -2.42. The highest BCUT2D eigenvalue weighted by atomic mass is 16.2. The summed E-state index contributed by atoms with van der Waals surface area (Å²) >= 11 is 0. The fourth-order valence-corrected chi connectivity index (χ4v) is 3.28. The standard InChI is InChI=1S/C17H15N3O2/c1-9(12-13(19-8-18)15(22)14(12)21)16-17(2,3)10-6-4-5-7-11(10)20-16/h4-7,9,19H,1-3H3. The predicted molar refractivity (Wildman–Crippen MR) is 85.6 cm³/mol. The van der Waals surface area contributed by atoms with Crippen LogP contribution >= 0.6 is 0 Å². The molecule has 22 heavy (non-hydrogen) atoms. The Labute approximate surface area is 127 Å². The third-order valence-corrected chi connectivity index (χ3v) is 4.43. The second-order valence-corrected chi connectivity index (χ2v) is 6.04. The Balaban J connectivity index is 2.08. The monoisotopic (exact) mass is 293 g/mol. The van der Waals surface area contributed by atoms with Crippen molar-refractivity contribution in [3.63, 3.8) is 0 Å². The molecular formula is C17H15N3O2. The Morgan fingerprint density at radius 3 is 2.55 bits per heavy atom.